The maximum atomic E-state index is 5.50. The fourth-order valence-corrected chi connectivity index (χ4v) is 1.68. The molecule has 0 unspecified atom stereocenters. The lowest BCUT2D eigenvalue weighted by Gasteiger charge is -2.17. The lowest BCUT2D eigenvalue weighted by Crippen LogP contribution is -2.27. The molecule has 5 heteroatoms. The fourth-order valence-electron chi connectivity index (χ4n) is 1.68. The van der Waals surface area contributed by atoms with Gasteiger partial charge in [0.05, 0.1) is 12.3 Å². The van der Waals surface area contributed by atoms with Crippen LogP contribution in [0, 0.1) is 0 Å². The fraction of sp³-hybridized carbons (Fsp3) is 0.615. The molecule has 1 fully saturated rings. The van der Waals surface area contributed by atoms with E-state index in [-0.39, 0.29) is 0 Å². The van der Waals surface area contributed by atoms with E-state index in [1.165, 1.54) is 12.8 Å². The molecule has 5 nitrogen and oxygen atoms in total. The normalized spacial score (nSPS) is 14.7. The van der Waals surface area contributed by atoms with Gasteiger partial charge in [-0.2, -0.15) is 4.98 Å². The van der Waals surface area contributed by atoms with Crippen molar-refractivity contribution in [3.63, 3.8) is 0 Å². The summed E-state index contributed by atoms with van der Waals surface area (Å²) in [6.45, 7) is 6.62. The van der Waals surface area contributed by atoms with Crippen molar-refractivity contribution in [3.05, 3.63) is 24.6 Å². The second-order valence-corrected chi connectivity index (χ2v) is 4.50. The predicted molar refractivity (Wildman–Crippen MR) is 70.7 cm³/mol. The summed E-state index contributed by atoms with van der Waals surface area (Å²) in [5.41, 5.74) is 0.948. The third-order valence-electron chi connectivity index (χ3n) is 2.87. The Kier molecular flexibility index (Phi) is 4.78. The molecule has 18 heavy (non-hydrogen) atoms. The number of hydrogen-bond donors (Lipinski definition) is 1. The van der Waals surface area contributed by atoms with Crippen LogP contribution < -0.4 is 10.2 Å². The number of oxazole rings is 1. The zero-order valence-electron chi connectivity index (χ0n) is 10.9. The molecule has 2 rings (SSSR count). The highest BCUT2D eigenvalue weighted by molar-refractivity contribution is 5.28. The van der Waals surface area contributed by atoms with Crippen LogP contribution in [0.15, 0.2) is 23.3 Å². The highest BCUT2D eigenvalue weighted by Gasteiger charge is 2.21. The average Bonchev–Trinajstić information content (AvgIpc) is 3.10. The minimum absolute atomic E-state index is 0.638. The number of methoxy groups -OCH3 is 1. The summed E-state index contributed by atoms with van der Waals surface area (Å²) >= 11 is 0. The Morgan fingerprint density at radius 3 is 3.17 bits per heavy atom. The van der Waals surface area contributed by atoms with Gasteiger partial charge >= 0.3 is 0 Å². The van der Waals surface area contributed by atoms with Crippen molar-refractivity contribution in [2.24, 2.45) is 0 Å². The number of hydrogen-bond acceptors (Lipinski definition) is 5. The third kappa shape index (κ3) is 3.85. The van der Waals surface area contributed by atoms with Gasteiger partial charge in [0.2, 0.25) is 0 Å². The maximum Gasteiger partial charge on any atom is 0.297 e. The molecule has 1 aliphatic rings. The Labute approximate surface area is 108 Å². The second kappa shape index (κ2) is 6.56. The lowest BCUT2D eigenvalue weighted by molar-refractivity contribution is 0.204. The molecule has 1 aromatic rings. The summed E-state index contributed by atoms with van der Waals surface area (Å²) in [5.74, 6) is 0. The molecule has 0 aromatic carbocycles. The van der Waals surface area contributed by atoms with Crippen LogP contribution in [-0.2, 0) is 11.3 Å². The average molecular weight is 251 g/mol. The highest BCUT2D eigenvalue weighted by atomic mass is 16.5. The first-order valence-corrected chi connectivity index (χ1v) is 6.36. The number of anilines is 1. The monoisotopic (exact) mass is 251 g/mol. The van der Waals surface area contributed by atoms with Crippen LogP contribution in [0.5, 0.6) is 0 Å². The molecule has 0 radical (unpaired) electrons. The van der Waals surface area contributed by atoms with Gasteiger partial charge < -0.3 is 19.4 Å². The molecule has 1 N–H and O–H groups in total. The SMILES string of the molecule is C=CCN(CCOC)c1nc(CNC2CC2)co1. The predicted octanol–water partition coefficient (Wildman–Crippen LogP) is 1.57. The van der Waals surface area contributed by atoms with Crippen molar-refractivity contribution < 1.29 is 9.15 Å². The van der Waals surface area contributed by atoms with Crippen LogP contribution in [0.25, 0.3) is 0 Å². The molecule has 0 amide bonds. The van der Waals surface area contributed by atoms with Crippen LogP contribution in [0.3, 0.4) is 0 Å². The molecule has 0 aliphatic heterocycles. The van der Waals surface area contributed by atoms with Crippen LogP contribution in [0.2, 0.25) is 0 Å². The van der Waals surface area contributed by atoms with Crippen LogP contribution in [0.4, 0.5) is 6.01 Å². The quantitative estimate of drug-likeness (QED) is 0.675. The third-order valence-corrected chi connectivity index (χ3v) is 2.87. The van der Waals surface area contributed by atoms with E-state index in [1.54, 1.807) is 13.4 Å². The van der Waals surface area contributed by atoms with E-state index in [1.807, 2.05) is 11.0 Å². The molecule has 0 atom stereocenters. The van der Waals surface area contributed by atoms with Gasteiger partial charge in [-0.3, -0.25) is 0 Å². The molecule has 100 valence electrons. The number of rotatable bonds is 9. The Hall–Kier alpha value is -1.33. The Bertz CT molecular complexity index is 374. The van der Waals surface area contributed by atoms with Crippen molar-refractivity contribution in [2.45, 2.75) is 25.4 Å². The van der Waals surface area contributed by atoms with Gasteiger partial charge in [0.15, 0.2) is 0 Å². The van der Waals surface area contributed by atoms with Gasteiger partial charge in [-0.25, -0.2) is 0 Å². The summed E-state index contributed by atoms with van der Waals surface area (Å²) in [6, 6.07) is 1.32. The molecule has 1 aromatic heterocycles. The van der Waals surface area contributed by atoms with E-state index in [4.69, 9.17) is 9.15 Å². The van der Waals surface area contributed by atoms with Crippen LogP contribution >= 0.6 is 0 Å². The summed E-state index contributed by atoms with van der Waals surface area (Å²) in [4.78, 5) is 6.49. The van der Waals surface area contributed by atoms with Crippen molar-refractivity contribution >= 4 is 6.01 Å². The first-order valence-electron chi connectivity index (χ1n) is 6.36. The van der Waals surface area contributed by atoms with E-state index >= 15 is 0 Å². The van der Waals surface area contributed by atoms with E-state index in [0.29, 0.717) is 25.2 Å². The minimum Gasteiger partial charge on any atom is -0.432 e. The van der Waals surface area contributed by atoms with Gasteiger partial charge in [0.1, 0.15) is 6.26 Å². The van der Waals surface area contributed by atoms with Gasteiger partial charge in [-0.1, -0.05) is 6.08 Å². The number of ether oxygens (including phenoxy) is 1. The summed E-state index contributed by atoms with van der Waals surface area (Å²) in [7, 11) is 1.69. The maximum absolute atomic E-state index is 5.50. The highest BCUT2D eigenvalue weighted by Crippen LogP contribution is 2.20. The van der Waals surface area contributed by atoms with Crippen LogP contribution in [0.1, 0.15) is 18.5 Å². The van der Waals surface area contributed by atoms with Crippen molar-refractivity contribution in [1.82, 2.24) is 10.3 Å². The van der Waals surface area contributed by atoms with Gasteiger partial charge in [-0.15, -0.1) is 6.58 Å². The van der Waals surface area contributed by atoms with E-state index in [2.05, 4.69) is 16.9 Å². The summed E-state index contributed by atoms with van der Waals surface area (Å²) in [6.07, 6.45) is 6.11. The second-order valence-electron chi connectivity index (χ2n) is 4.50. The largest absolute Gasteiger partial charge is 0.432 e. The van der Waals surface area contributed by atoms with E-state index in [0.717, 1.165) is 18.8 Å². The first-order chi connectivity index (χ1) is 8.83. The zero-order valence-corrected chi connectivity index (χ0v) is 10.9. The summed E-state index contributed by atoms with van der Waals surface area (Å²) < 4.78 is 10.6. The smallest absolute Gasteiger partial charge is 0.297 e. The molecule has 1 saturated carbocycles. The first kappa shape index (κ1) is 13.1. The van der Waals surface area contributed by atoms with E-state index in [9.17, 15) is 0 Å². The molecular formula is C13H21N3O2. The lowest BCUT2D eigenvalue weighted by atomic mass is 10.4. The van der Waals surface area contributed by atoms with Gasteiger partial charge in [0.25, 0.3) is 6.01 Å². The molecule has 1 heterocycles. The van der Waals surface area contributed by atoms with Gasteiger partial charge in [0, 0.05) is 32.8 Å². The Morgan fingerprint density at radius 2 is 2.50 bits per heavy atom. The topological polar surface area (TPSA) is 50.5 Å². The van der Waals surface area contributed by atoms with Crippen LogP contribution in [-0.4, -0.2) is 37.8 Å². The van der Waals surface area contributed by atoms with Crippen molar-refractivity contribution in [3.8, 4) is 0 Å². The summed E-state index contributed by atoms with van der Waals surface area (Å²) in [5, 5.41) is 3.41. The molecule has 0 bridgehead atoms. The number of aromatic nitrogens is 1. The minimum atomic E-state index is 0.638. The van der Waals surface area contributed by atoms with Crippen molar-refractivity contribution in [2.75, 3.05) is 31.7 Å². The van der Waals surface area contributed by atoms with E-state index < -0.39 is 0 Å². The zero-order chi connectivity index (χ0) is 12.8. The Morgan fingerprint density at radius 1 is 1.67 bits per heavy atom. The van der Waals surface area contributed by atoms with Crippen molar-refractivity contribution in [1.29, 1.82) is 0 Å². The number of nitrogens with zero attached hydrogens (tertiary/aromatic N) is 2. The number of nitrogens with one attached hydrogen (secondary N) is 1. The standard InChI is InChI=1S/C13H21N3O2/c1-3-6-16(7-8-17-2)13-15-12(10-18-13)9-14-11-4-5-11/h3,10-11,14H,1,4-9H2,2H3. The molecular weight excluding hydrogens is 230 g/mol. The molecule has 1 aliphatic carbocycles. The molecule has 0 spiro atoms. The molecule has 0 saturated heterocycles. The van der Waals surface area contributed by atoms with Gasteiger partial charge in [-0.05, 0) is 12.8 Å². The Balaban J connectivity index is 1.88.